The predicted molar refractivity (Wildman–Crippen MR) is 82.3 cm³/mol. The van der Waals surface area contributed by atoms with Crippen LogP contribution in [0.4, 0.5) is 10.6 Å². The van der Waals surface area contributed by atoms with Gasteiger partial charge < -0.3 is 10.1 Å². The van der Waals surface area contributed by atoms with Gasteiger partial charge in [-0.1, -0.05) is 6.92 Å². The number of methoxy groups -OCH3 is 1. The normalized spacial score (nSPS) is 22.0. The molecule has 2 rings (SSSR count). The maximum Gasteiger partial charge on any atom is 0.320 e. The van der Waals surface area contributed by atoms with Crippen LogP contribution in [0, 0.1) is 5.92 Å². The molecule has 1 fully saturated rings. The molecule has 1 aliphatic carbocycles. The summed E-state index contributed by atoms with van der Waals surface area (Å²) in [5.74, 6) is 1.38. The predicted octanol–water partition coefficient (Wildman–Crippen LogP) is 2.62. The molecule has 1 saturated carbocycles. The Hall–Kier alpha value is -1.56. The van der Waals surface area contributed by atoms with Crippen LogP contribution in [0.3, 0.4) is 0 Å². The molecular formula is C15H26N4O2. The van der Waals surface area contributed by atoms with E-state index in [1.54, 1.807) is 7.11 Å². The van der Waals surface area contributed by atoms with Crippen LogP contribution in [-0.2, 0) is 11.3 Å². The number of aryl methyl sites for hydroxylation is 1. The largest absolute Gasteiger partial charge is 0.385 e. The van der Waals surface area contributed by atoms with Gasteiger partial charge >= 0.3 is 6.03 Å². The maximum absolute atomic E-state index is 11.9. The molecule has 0 bridgehead atoms. The van der Waals surface area contributed by atoms with Crippen LogP contribution in [0.2, 0.25) is 0 Å². The lowest BCUT2D eigenvalue weighted by molar-refractivity contribution is 0.189. The van der Waals surface area contributed by atoms with Gasteiger partial charge in [0.2, 0.25) is 0 Å². The number of aromatic nitrogens is 2. The Morgan fingerprint density at radius 3 is 2.90 bits per heavy atom. The minimum absolute atomic E-state index is 0.156. The number of carbonyl (C=O) groups excluding carboxylic acids is 1. The summed E-state index contributed by atoms with van der Waals surface area (Å²) in [6.45, 7) is 3.77. The van der Waals surface area contributed by atoms with Crippen molar-refractivity contribution in [2.45, 2.75) is 51.6 Å². The van der Waals surface area contributed by atoms with Crippen LogP contribution in [0.1, 0.15) is 39.0 Å². The molecule has 1 aromatic rings. The Morgan fingerprint density at radius 2 is 2.19 bits per heavy atom. The maximum atomic E-state index is 11.9. The second-order valence-corrected chi connectivity index (χ2v) is 5.87. The average Bonchev–Trinajstić information content (AvgIpc) is 2.89. The van der Waals surface area contributed by atoms with Crippen molar-refractivity contribution in [2.24, 2.45) is 5.92 Å². The van der Waals surface area contributed by atoms with Crippen molar-refractivity contribution in [1.29, 1.82) is 0 Å². The van der Waals surface area contributed by atoms with Crippen LogP contribution >= 0.6 is 0 Å². The van der Waals surface area contributed by atoms with Crippen molar-refractivity contribution < 1.29 is 9.53 Å². The highest BCUT2D eigenvalue weighted by Gasteiger charge is 2.19. The number of urea groups is 1. The van der Waals surface area contributed by atoms with Crippen LogP contribution < -0.4 is 10.6 Å². The molecule has 1 heterocycles. The van der Waals surface area contributed by atoms with E-state index in [0.29, 0.717) is 18.5 Å². The zero-order chi connectivity index (χ0) is 15.1. The van der Waals surface area contributed by atoms with Crippen LogP contribution in [0.5, 0.6) is 0 Å². The van der Waals surface area contributed by atoms with Crippen LogP contribution in [0.15, 0.2) is 12.3 Å². The Bertz CT molecular complexity index is 439. The molecule has 0 spiro atoms. The smallest absolute Gasteiger partial charge is 0.320 e. The Kier molecular flexibility index (Phi) is 6.04. The number of ether oxygens (including phenoxy) is 1. The number of amides is 2. The van der Waals surface area contributed by atoms with E-state index in [1.165, 1.54) is 12.8 Å². The molecule has 118 valence electrons. The highest BCUT2D eigenvalue weighted by molar-refractivity contribution is 5.88. The molecule has 2 N–H and O–H groups in total. The fourth-order valence-corrected chi connectivity index (χ4v) is 2.67. The third-order valence-corrected chi connectivity index (χ3v) is 3.97. The molecule has 6 heteroatoms. The Balaban J connectivity index is 1.72. The second kappa shape index (κ2) is 8.02. The molecule has 0 saturated heterocycles. The van der Waals surface area contributed by atoms with Gasteiger partial charge in [-0.2, -0.15) is 5.10 Å². The summed E-state index contributed by atoms with van der Waals surface area (Å²) in [6, 6.07) is 1.96. The van der Waals surface area contributed by atoms with E-state index >= 15 is 0 Å². The third kappa shape index (κ3) is 5.38. The lowest BCUT2D eigenvalue weighted by Gasteiger charge is -2.26. The van der Waals surface area contributed by atoms with Gasteiger partial charge in [-0.25, -0.2) is 4.79 Å². The van der Waals surface area contributed by atoms with Gasteiger partial charge in [-0.15, -0.1) is 0 Å². The first-order valence-corrected chi connectivity index (χ1v) is 7.77. The molecule has 0 aliphatic heterocycles. The second-order valence-electron chi connectivity index (χ2n) is 5.87. The van der Waals surface area contributed by atoms with E-state index in [9.17, 15) is 4.79 Å². The lowest BCUT2D eigenvalue weighted by Crippen LogP contribution is -2.40. The SMILES string of the molecule is COCCCn1ccc(NC(=O)NC2CCC(C)CC2)n1. The molecule has 6 nitrogen and oxygen atoms in total. The molecular weight excluding hydrogens is 268 g/mol. The summed E-state index contributed by atoms with van der Waals surface area (Å²) < 4.78 is 6.82. The van der Waals surface area contributed by atoms with Crippen LogP contribution in [0.25, 0.3) is 0 Å². The molecule has 0 unspecified atom stereocenters. The van der Waals surface area contributed by atoms with Crippen molar-refractivity contribution in [3.8, 4) is 0 Å². The molecule has 2 amide bonds. The van der Waals surface area contributed by atoms with Crippen LogP contribution in [-0.4, -0.2) is 35.6 Å². The van der Waals surface area contributed by atoms with Gasteiger partial charge in [-0.05, 0) is 38.0 Å². The number of anilines is 1. The third-order valence-electron chi connectivity index (χ3n) is 3.97. The summed E-state index contributed by atoms with van der Waals surface area (Å²) in [5.41, 5.74) is 0. The fraction of sp³-hybridized carbons (Fsp3) is 0.733. The Labute approximate surface area is 126 Å². The topological polar surface area (TPSA) is 68.2 Å². The summed E-state index contributed by atoms with van der Waals surface area (Å²) in [5, 5.41) is 10.1. The summed E-state index contributed by atoms with van der Waals surface area (Å²) in [7, 11) is 1.69. The molecule has 0 aromatic carbocycles. The van der Waals surface area contributed by atoms with E-state index in [2.05, 4.69) is 22.7 Å². The van der Waals surface area contributed by atoms with Crippen molar-refractivity contribution in [1.82, 2.24) is 15.1 Å². The van der Waals surface area contributed by atoms with Gasteiger partial charge in [0.25, 0.3) is 0 Å². The summed E-state index contributed by atoms with van der Waals surface area (Å²) in [4.78, 5) is 11.9. The number of nitrogens with one attached hydrogen (secondary N) is 2. The number of nitrogens with zero attached hydrogens (tertiary/aromatic N) is 2. The van der Waals surface area contributed by atoms with Gasteiger partial charge in [0, 0.05) is 38.6 Å². The monoisotopic (exact) mass is 294 g/mol. The quantitative estimate of drug-likeness (QED) is 0.792. The minimum Gasteiger partial charge on any atom is -0.385 e. The highest BCUT2D eigenvalue weighted by Crippen LogP contribution is 2.23. The molecule has 1 aromatic heterocycles. The first-order chi connectivity index (χ1) is 10.2. The first-order valence-electron chi connectivity index (χ1n) is 7.77. The number of hydrogen-bond donors (Lipinski definition) is 2. The molecule has 21 heavy (non-hydrogen) atoms. The van der Waals surface area contributed by atoms with Crippen molar-refractivity contribution in [3.05, 3.63) is 12.3 Å². The van der Waals surface area contributed by atoms with Gasteiger partial charge in [0.05, 0.1) is 0 Å². The highest BCUT2D eigenvalue weighted by atomic mass is 16.5. The van der Waals surface area contributed by atoms with Gasteiger partial charge in [0.1, 0.15) is 0 Å². The lowest BCUT2D eigenvalue weighted by atomic mass is 9.87. The van der Waals surface area contributed by atoms with E-state index < -0.39 is 0 Å². The minimum atomic E-state index is -0.156. The summed E-state index contributed by atoms with van der Waals surface area (Å²) >= 11 is 0. The standard InChI is InChI=1S/C15H26N4O2/c1-12-4-6-13(7-5-12)16-15(20)17-14-8-10-19(18-14)9-3-11-21-2/h8,10,12-13H,3-7,9,11H2,1-2H3,(H2,16,17,18,20). The Morgan fingerprint density at radius 1 is 1.43 bits per heavy atom. The molecule has 0 atom stereocenters. The fourth-order valence-electron chi connectivity index (χ4n) is 2.67. The van der Waals surface area contributed by atoms with Gasteiger partial charge in [0.15, 0.2) is 5.82 Å². The molecule has 0 radical (unpaired) electrons. The van der Waals surface area contributed by atoms with E-state index in [-0.39, 0.29) is 6.03 Å². The zero-order valence-electron chi connectivity index (χ0n) is 13.0. The van der Waals surface area contributed by atoms with Crippen molar-refractivity contribution >= 4 is 11.8 Å². The number of hydrogen-bond acceptors (Lipinski definition) is 3. The van der Waals surface area contributed by atoms with E-state index in [0.717, 1.165) is 31.7 Å². The first kappa shape index (κ1) is 15.8. The average molecular weight is 294 g/mol. The van der Waals surface area contributed by atoms with E-state index in [4.69, 9.17) is 4.74 Å². The van der Waals surface area contributed by atoms with Gasteiger partial charge in [-0.3, -0.25) is 10.00 Å². The zero-order valence-corrected chi connectivity index (χ0v) is 13.0. The molecule has 1 aliphatic rings. The van der Waals surface area contributed by atoms with Crippen molar-refractivity contribution in [2.75, 3.05) is 19.0 Å². The summed E-state index contributed by atoms with van der Waals surface area (Å²) in [6.07, 6.45) is 7.30. The van der Waals surface area contributed by atoms with Crippen molar-refractivity contribution in [3.63, 3.8) is 0 Å². The number of rotatable bonds is 6. The number of carbonyl (C=O) groups is 1. The van der Waals surface area contributed by atoms with E-state index in [1.807, 2.05) is 16.9 Å².